The number of hydrogen-bond acceptors (Lipinski definition) is 10. The van der Waals surface area contributed by atoms with Crippen LogP contribution in [0.5, 0.6) is 0 Å². The second kappa shape index (κ2) is 8.00. The van der Waals surface area contributed by atoms with E-state index in [1.165, 1.54) is 17.6 Å². The van der Waals surface area contributed by atoms with Crippen molar-refractivity contribution in [2.24, 2.45) is 0 Å². The van der Waals surface area contributed by atoms with E-state index < -0.39 is 41.8 Å². The Hall–Kier alpha value is -3.65. The molecule has 11 heteroatoms. The van der Waals surface area contributed by atoms with Gasteiger partial charge in [-0.05, 0) is 18.2 Å². The Labute approximate surface area is 171 Å². The fourth-order valence-electron chi connectivity index (χ4n) is 3.46. The first-order chi connectivity index (χ1) is 14.2. The van der Waals surface area contributed by atoms with Gasteiger partial charge in [0.1, 0.15) is 18.8 Å². The molecule has 11 nitrogen and oxygen atoms in total. The Morgan fingerprint density at radius 2 is 1.90 bits per heavy atom. The summed E-state index contributed by atoms with van der Waals surface area (Å²) in [5.74, 6) is -2.01. The summed E-state index contributed by atoms with van der Waals surface area (Å²) in [5.41, 5.74) is 5.17. The maximum absolute atomic E-state index is 11.8. The molecule has 0 saturated carbocycles. The Balaban J connectivity index is 2.17. The third kappa shape index (κ3) is 3.65. The number of nitrogens with zero attached hydrogens (tertiary/aromatic N) is 3. The molecule has 1 aliphatic rings. The monoisotopic (exact) mass is 416 g/mol. The molecular formula is C19H20N4O7. The highest BCUT2D eigenvalue weighted by Crippen LogP contribution is 2.43. The topological polar surface area (TPSA) is 155 Å². The lowest BCUT2D eigenvalue weighted by molar-refractivity contribution is -0.167. The number of fused-ring (bicyclic) bond motifs is 1. The number of carbonyl (C=O) groups is 3. The molecule has 0 radical (unpaired) electrons. The average Bonchev–Trinajstić information content (AvgIpc) is 3.21. The molecule has 3 heterocycles. The summed E-state index contributed by atoms with van der Waals surface area (Å²) >= 11 is 0. The van der Waals surface area contributed by atoms with Crippen LogP contribution in [0.4, 0.5) is 5.69 Å². The summed E-state index contributed by atoms with van der Waals surface area (Å²) in [4.78, 5) is 34.9. The van der Waals surface area contributed by atoms with Gasteiger partial charge in [-0.2, -0.15) is 10.4 Å². The van der Waals surface area contributed by atoms with E-state index in [1.807, 2.05) is 6.07 Å². The standard InChI is InChI=1S/C19H20N4O7/c1-10(24)27-8-15-17(28-11(2)25)18(29-12(3)26)19(9-20,30-15)16-5-4-14-13(21)6-7-22-23(14)16/h4-7,15,17-18H,8,21H2,1-3H3/t15-,17-,18-,19+/m1/s1. The number of anilines is 1. The number of nitrogen functional groups attached to an aromatic ring is 1. The molecule has 30 heavy (non-hydrogen) atoms. The lowest BCUT2D eigenvalue weighted by Gasteiger charge is -2.28. The third-order valence-electron chi connectivity index (χ3n) is 4.58. The van der Waals surface area contributed by atoms with Gasteiger partial charge in [0, 0.05) is 27.0 Å². The van der Waals surface area contributed by atoms with Gasteiger partial charge in [0.05, 0.1) is 16.9 Å². The molecule has 2 N–H and O–H groups in total. The molecule has 0 unspecified atom stereocenters. The van der Waals surface area contributed by atoms with Gasteiger partial charge in [-0.15, -0.1) is 0 Å². The number of nitrogens with two attached hydrogens (primary N) is 1. The first kappa shape index (κ1) is 21.1. The lowest BCUT2D eigenvalue weighted by Crippen LogP contribution is -2.45. The van der Waals surface area contributed by atoms with E-state index in [4.69, 9.17) is 24.7 Å². The zero-order valence-corrected chi connectivity index (χ0v) is 16.5. The molecule has 0 amide bonds. The molecule has 0 spiro atoms. The second-order valence-electron chi connectivity index (χ2n) is 6.71. The van der Waals surface area contributed by atoms with E-state index in [1.54, 1.807) is 18.2 Å². The van der Waals surface area contributed by atoms with Crippen LogP contribution in [-0.2, 0) is 38.9 Å². The zero-order valence-electron chi connectivity index (χ0n) is 16.5. The first-order valence-corrected chi connectivity index (χ1v) is 8.99. The normalized spacial score (nSPS) is 25.5. The highest BCUT2D eigenvalue weighted by Gasteiger charge is 2.62. The summed E-state index contributed by atoms with van der Waals surface area (Å²) < 4.78 is 23.1. The summed E-state index contributed by atoms with van der Waals surface area (Å²) in [5, 5.41) is 14.4. The molecule has 1 aliphatic heterocycles. The van der Waals surface area contributed by atoms with Gasteiger partial charge in [-0.3, -0.25) is 14.4 Å². The van der Waals surface area contributed by atoms with Crippen molar-refractivity contribution in [2.45, 2.75) is 44.7 Å². The van der Waals surface area contributed by atoms with E-state index in [0.717, 1.165) is 13.8 Å². The zero-order chi connectivity index (χ0) is 22.1. The largest absolute Gasteiger partial charge is 0.463 e. The van der Waals surface area contributed by atoms with Crippen molar-refractivity contribution in [3.05, 3.63) is 30.1 Å². The van der Waals surface area contributed by atoms with Crippen LogP contribution in [0.2, 0.25) is 0 Å². The van der Waals surface area contributed by atoms with Crippen molar-refractivity contribution in [1.29, 1.82) is 5.26 Å². The Morgan fingerprint density at radius 3 is 2.50 bits per heavy atom. The van der Waals surface area contributed by atoms with E-state index in [-0.39, 0.29) is 12.3 Å². The quantitative estimate of drug-likeness (QED) is 0.536. The number of ether oxygens (including phenoxy) is 4. The van der Waals surface area contributed by atoms with Gasteiger partial charge in [-0.25, -0.2) is 4.52 Å². The van der Waals surface area contributed by atoms with Crippen molar-refractivity contribution in [2.75, 3.05) is 12.3 Å². The number of rotatable bonds is 5. The minimum atomic E-state index is -1.91. The molecule has 3 rings (SSSR count). The molecule has 2 aromatic heterocycles. The van der Waals surface area contributed by atoms with E-state index in [2.05, 4.69) is 5.10 Å². The van der Waals surface area contributed by atoms with Crippen LogP contribution in [0.3, 0.4) is 0 Å². The molecule has 158 valence electrons. The number of esters is 3. The van der Waals surface area contributed by atoms with Gasteiger partial charge in [-0.1, -0.05) is 0 Å². The highest BCUT2D eigenvalue weighted by atomic mass is 16.7. The van der Waals surface area contributed by atoms with Crippen molar-refractivity contribution in [3.63, 3.8) is 0 Å². The lowest BCUT2D eigenvalue weighted by atomic mass is 9.92. The van der Waals surface area contributed by atoms with Crippen LogP contribution in [-0.4, -0.2) is 52.4 Å². The Kier molecular flexibility index (Phi) is 5.62. The van der Waals surface area contributed by atoms with E-state index >= 15 is 0 Å². The number of nitriles is 1. The predicted molar refractivity (Wildman–Crippen MR) is 99.5 cm³/mol. The molecule has 1 fully saturated rings. The van der Waals surface area contributed by atoms with Crippen LogP contribution >= 0.6 is 0 Å². The van der Waals surface area contributed by atoms with Crippen LogP contribution in [0.1, 0.15) is 26.5 Å². The smallest absolute Gasteiger partial charge is 0.303 e. The minimum Gasteiger partial charge on any atom is -0.463 e. The summed E-state index contributed by atoms with van der Waals surface area (Å²) in [6.45, 7) is 3.19. The third-order valence-corrected chi connectivity index (χ3v) is 4.58. The minimum absolute atomic E-state index is 0.209. The van der Waals surface area contributed by atoms with Gasteiger partial charge >= 0.3 is 17.9 Å². The van der Waals surface area contributed by atoms with Crippen molar-refractivity contribution in [3.8, 4) is 6.07 Å². The number of carbonyl (C=O) groups excluding carboxylic acids is 3. The van der Waals surface area contributed by atoms with Crippen molar-refractivity contribution in [1.82, 2.24) is 9.61 Å². The van der Waals surface area contributed by atoms with Crippen molar-refractivity contribution < 1.29 is 33.3 Å². The molecule has 0 aromatic carbocycles. The Morgan fingerprint density at radius 1 is 1.20 bits per heavy atom. The van der Waals surface area contributed by atoms with E-state index in [9.17, 15) is 19.6 Å². The fraction of sp³-hybridized carbons (Fsp3) is 0.421. The summed E-state index contributed by atoms with van der Waals surface area (Å²) in [6, 6.07) is 6.80. The van der Waals surface area contributed by atoms with Crippen LogP contribution in [0.15, 0.2) is 24.4 Å². The van der Waals surface area contributed by atoms with Gasteiger partial charge in [0.2, 0.25) is 5.60 Å². The summed E-state index contributed by atoms with van der Waals surface area (Å²) in [6.07, 6.45) is -2.21. The predicted octanol–water partition coefficient (Wildman–Crippen LogP) is 0.461. The van der Waals surface area contributed by atoms with Crippen molar-refractivity contribution >= 4 is 29.1 Å². The molecule has 1 saturated heterocycles. The maximum Gasteiger partial charge on any atom is 0.303 e. The molecule has 0 aliphatic carbocycles. The van der Waals surface area contributed by atoms with Crippen LogP contribution in [0.25, 0.3) is 5.52 Å². The van der Waals surface area contributed by atoms with E-state index in [0.29, 0.717) is 11.2 Å². The highest BCUT2D eigenvalue weighted by molar-refractivity contribution is 5.71. The fourth-order valence-corrected chi connectivity index (χ4v) is 3.46. The second-order valence-corrected chi connectivity index (χ2v) is 6.71. The number of aromatic nitrogens is 2. The number of hydrogen-bond donors (Lipinski definition) is 1. The van der Waals surface area contributed by atoms with Crippen LogP contribution < -0.4 is 5.73 Å². The Bertz CT molecular complexity index is 1040. The molecule has 2 aromatic rings. The van der Waals surface area contributed by atoms with Gasteiger partial charge < -0.3 is 24.7 Å². The SMILES string of the molecule is CC(=O)OC[C@H]1O[C@@](C#N)(c2ccc3c(N)ccnn23)[C@H](OC(C)=O)[C@@H]1OC(C)=O. The molecule has 4 atom stereocenters. The summed E-state index contributed by atoms with van der Waals surface area (Å²) in [7, 11) is 0. The van der Waals surface area contributed by atoms with Crippen LogP contribution in [0, 0.1) is 11.3 Å². The molecular weight excluding hydrogens is 396 g/mol. The van der Waals surface area contributed by atoms with Gasteiger partial charge in [0.25, 0.3) is 0 Å². The average molecular weight is 416 g/mol. The molecule has 0 bridgehead atoms. The van der Waals surface area contributed by atoms with Gasteiger partial charge in [0.15, 0.2) is 12.2 Å². The first-order valence-electron chi connectivity index (χ1n) is 8.99. The maximum atomic E-state index is 11.8.